The van der Waals surface area contributed by atoms with Crippen LogP contribution in [-0.2, 0) is 6.42 Å². The molecule has 0 atom stereocenters. The molecule has 0 saturated heterocycles. The molecule has 2 aromatic rings. The minimum Gasteiger partial charge on any atom is -0.382 e. The maximum atomic E-state index is 11.9. The number of carbonyl (C=O) groups excluding carboxylic acids is 1. The number of anilines is 1. The maximum Gasteiger partial charge on any atom is 0.289 e. The highest BCUT2D eigenvalue weighted by Gasteiger charge is 2.12. The zero-order chi connectivity index (χ0) is 15.1. The fraction of sp³-hybridized carbons (Fsp3) is 0.400. The van der Waals surface area contributed by atoms with Crippen molar-refractivity contribution in [1.82, 2.24) is 15.5 Å². The largest absolute Gasteiger partial charge is 0.382 e. The highest BCUT2D eigenvalue weighted by Crippen LogP contribution is 2.09. The molecule has 2 N–H and O–H groups in total. The van der Waals surface area contributed by atoms with Gasteiger partial charge in [0.25, 0.3) is 5.91 Å². The summed E-state index contributed by atoms with van der Waals surface area (Å²) in [6, 6.07) is 5.47. The maximum absolute atomic E-state index is 11.9. The first kappa shape index (κ1) is 15.0. The van der Waals surface area contributed by atoms with E-state index < -0.39 is 0 Å². The van der Waals surface area contributed by atoms with Gasteiger partial charge in [-0.2, -0.15) is 0 Å². The van der Waals surface area contributed by atoms with Crippen LogP contribution in [0.5, 0.6) is 0 Å². The van der Waals surface area contributed by atoms with Crippen molar-refractivity contribution in [2.75, 3.05) is 18.4 Å². The van der Waals surface area contributed by atoms with Crippen molar-refractivity contribution >= 4 is 11.6 Å². The average Bonchev–Trinajstić information content (AvgIpc) is 2.92. The van der Waals surface area contributed by atoms with Crippen molar-refractivity contribution in [3.05, 3.63) is 42.0 Å². The van der Waals surface area contributed by atoms with Crippen LogP contribution in [0.15, 0.2) is 35.1 Å². The lowest BCUT2D eigenvalue weighted by molar-refractivity contribution is 0.0918. The molecular weight excluding hydrogens is 268 g/mol. The Morgan fingerprint density at radius 1 is 1.38 bits per heavy atom. The Labute approximate surface area is 123 Å². The second-order valence-corrected chi connectivity index (χ2v) is 5.20. The summed E-state index contributed by atoms with van der Waals surface area (Å²) in [6.07, 6.45) is 4.25. The molecule has 2 aromatic heterocycles. The van der Waals surface area contributed by atoms with Crippen LogP contribution in [0.25, 0.3) is 0 Å². The monoisotopic (exact) mass is 288 g/mol. The van der Waals surface area contributed by atoms with Crippen molar-refractivity contribution in [1.29, 1.82) is 0 Å². The lowest BCUT2D eigenvalue weighted by Gasteiger charge is -2.05. The van der Waals surface area contributed by atoms with Gasteiger partial charge in [0, 0.05) is 31.5 Å². The van der Waals surface area contributed by atoms with Gasteiger partial charge in [-0.1, -0.05) is 19.0 Å². The van der Waals surface area contributed by atoms with Gasteiger partial charge < -0.3 is 15.2 Å². The molecule has 0 aliphatic carbocycles. The molecule has 2 rings (SSSR count). The van der Waals surface area contributed by atoms with Crippen LogP contribution in [-0.4, -0.2) is 29.1 Å². The van der Waals surface area contributed by atoms with Gasteiger partial charge in [0.15, 0.2) is 0 Å². The van der Waals surface area contributed by atoms with Crippen LogP contribution in [0.2, 0.25) is 0 Å². The van der Waals surface area contributed by atoms with E-state index in [0.29, 0.717) is 19.0 Å². The molecule has 0 aliphatic heterocycles. The van der Waals surface area contributed by atoms with Gasteiger partial charge in [0.05, 0.1) is 11.4 Å². The van der Waals surface area contributed by atoms with E-state index in [9.17, 15) is 4.79 Å². The smallest absolute Gasteiger partial charge is 0.289 e. The molecule has 112 valence electrons. The summed E-state index contributed by atoms with van der Waals surface area (Å²) in [5.41, 5.74) is 1.73. The Hall–Kier alpha value is -2.37. The summed E-state index contributed by atoms with van der Waals surface area (Å²) in [5.74, 6) is 0.493. The third-order valence-electron chi connectivity index (χ3n) is 2.80. The van der Waals surface area contributed by atoms with Gasteiger partial charge in [0.2, 0.25) is 5.76 Å². The number of hydrogen-bond acceptors (Lipinski definition) is 5. The van der Waals surface area contributed by atoms with E-state index in [1.807, 2.05) is 12.1 Å². The van der Waals surface area contributed by atoms with E-state index >= 15 is 0 Å². The molecule has 0 radical (unpaired) electrons. The summed E-state index contributed by atoms with van der Waals surface area (Å²) in [4.78, 5) is 15.9. The number of carbonyl (C=O) groups is 1. The van der Waals surface area contributed by atoms with Gasteiger partial charge in [-0.3, -0.25) is 9.78 Å². The lowest BCUT2D eigenvalue weighted by Crippen LogP contribution is -2.28. The summed E-state index contributed by atoms with van der Waals surface area (Å²) in [7, 11) is 0. The molecule has 6 heteroatoms. The van der Waals surface area contributed by atoms with Crippen LogP contribution in [0.1, 0.15) is 30.1 Å². The van der Waals surface area contributed by atoms with Crippen LogP contribution in [0, 0.1) is 5.92 Å². The number of aromatic nitrogens is 2. The van der Waals surface area contributed by atoms with Crippen molar-refractivity contribution in [2.24, 2.45) is 5.92 Å². The number of pyridine rings is 1. The minimum atomic E-state index is -0.245. The summed E-state index contributed by atoms with van der Waals surface area (Å²) >= 11 is 0. The second kappa shape index (κ2) is 7.42. The van der Waals surface area contributed by atoms with Crippen molar-refractivity contribution in [3.63, 3.8) is 0 Å². The quantitative estimate of drug-likeness (QED) is 0.763. The van der Waals surface area contributed by atoms with Gasteiger partial charge in [-0.25, -0.2) is 0 Å². The normalized spacial score (nSPS) is 10.6. The first-order valence-electron chi connectivity index (χ1n) is 7.03. The predicted octanol–water partition coefficient (Wildman–Crippen LogP) is 2.11. The molecular formula is C15H20N4O2. The Bertz CT molecular complexity index is 566. The van der Waals surface area contributed by atoms with Crippen LogP contribution in [0.3, 0.4) is 0 Å². The van der Waals surface area contributed by atoms with E-state index in [1.54, 1.807) is 18.5 Å². The minimum absolute atomic E-state index is 0.245. The Morgan fingerprint density at radius 2 is 2.24 bits per heavy atom. The standard InChI is InChI=1S/C15H20N4O2/c1-11(2)8-13-9-14(21-19-13)15(20)18-7-6-17-12-4-3-5-16-10-12/h3-5,9-11,17H,6-8H2,1-2H3,(H,18,20). The molecule has 6 nitrogen and oxygen atoms in total. The molecule has 0 fully saturated rings. The molecule has 21 heavy (non-hydrogen) atoms. The van der Waals surface area contributed by atoms with Gasteiger partial charge in [-0.15, -0.1) is 0 Å². The fourth-order valence-electron chi connectivity index (χ4n) is 1.87. The summed E-state index contributed by atoms with van der Waals surface area (Å²) in [6.45, 7) is 5.30. The second-order valence-electron chi connectivity index (χ2n) is 5.20. The van der Waals surface area contributed by atoms with E-state index in [4.69, 9.17) is 4.52 Å². The zero-order valence-electron chi connectivity index (χ0n) is 12.3. The highest BCUT2D eigenvalue weighted by atomic mass is 16.5. The van der Waals surface area contributed by atoms with E-state index in [-0.39, 0.29) is 11.7 Å². The SMILES string of the molecule is CC(C)Cc1cc(C(=O)NCCNc2cccnc2)on1. The van der Waals surface area contributed by atoms with Gasteiger partial charge in [-0.05, 0) is 24.5 Å². The van der Waals surface area contributed by atoms with Crippen molar-refractivity contribution in [2.45, 2.75) is 20.3 Å². The van der Waals surface area contributed by atoms with E-state index in [2.05, 4.69) is 34.6 Å². The Kier molecular flexibility index (Phi) is 5.31. The van der Waals surface area contributed by atoms with E-state index in [1.165, 1.54) is 0 Å². The van der Waals surface area contributed by atoms with Crippen molar-refractivity contribution < 1.29 is 9.32 Å². The molecule has 1 amide bonds. The third kappa shape index (κ3) is 4.91. The van der Waals surface area contributed by atoms with E-state index in [0.717, 1.165) is 17.8 Å². The first-order chi connectivity index (χ1) is 10.1. The molecule has 0 unspecified atom stereocenters. The van der Waals surface area contributed by atoms with Gasteiger partial charge >= 0.3 is 0 Å². The summed E-state index contributed by atoms with van der Waals surface area (Å²) < 4.78 is 5.05. The molecule has 0 bridgehead atoms. The highest BCUT2D eigenvalue weighted by molar-refractivity contribution is 5.91. The van der Waals surface area contributed by atoms with Crippen LogP contribution in [0.4, 0.5) is 5.69 Å². The molecule has 0 spiro atoms. The topological polar surface area (TPSA) is 80.0 Å². The zero-order valence-corrected chi connectivity index (χ0v) is 12.3. The number of hydrogen-bond donors (Lipinski definition) is 2. The van der Waals surface area contributed by atoms with Gasteiger partial charge in [0.1, 0.15) is 0 Å². The number of nitrogens with zero attached hydrogens (tertiary/aromatic N) is 2. The molecule has 0 aliphatic rings. The molecule has 2 heterocycles. The number of amides is 1. The number of rotatable bonds is 7. The predicted molar refractivity (Wildman–Crippen MR) is 80.1 cm³/mol. The fourth-order valence-corrected chi connectivity index (χ4v) is 1.87. The average molecular weight is 288 g/mol. The van der Waals surface area contributed by atoms with Crippen LogP contribution >= 0.6 is 0 Å². The lowest BCUT2D eigenvalue weighted by atomic mass is 10.1. The molecule has 0 aromatic carbocycles. The molecule has 0 saturated carbocycles. The summed E-state index contributed by atoms with van der Waals surface area (Å²) in [5, 5.41) is 9.83. The third-order valence-corrected chi connectivity index (χ3v) is 2.80. The Morgan fingerprint density at radius 3 is 2.95 bits per heavy atom. The van der Waals surface area contributed by atoms with Crippen LogP contribution < -0.4 is 10.6 Å². The van der Waals surface area contributed by atoms with Crippen molar-refractivity contribution in [3.8, 4) is 0 Å². The number of nitrogens with one attached hydrogen (secondary N) is 2. The Balaban J connectivity index is 1.73. The first-order valence-corrected chi connectivity index (χ1v) is 7.03.